The maximum absolute atomic E-state index is 6.01. The molecule has 1 aliphatic carbocycles. The molecule has 3 heteroatoms. The van der Waals surface area contributed by atoms with E-state index in [1.807, 2.05) is 24.3 Å². The molecule has 1 atom stereocenters. The largest absolute Gasteiger partial charge is 0.490 e. The van der Waals surface area contributed by atoms with Gasteiger partial charge < -0.3 is 10.5 Å². The average Bonchev–Trinajstić information content (AvgIpc) is 2.14. The lowest BCUT2D eigenvalue weighted by Gasteiger charge is -2.31. The van der Waals surface area contributed by atoms with E-state index >= 15 is 0 Å². The van der Waals surface area contributed by atoms with Crippen molar-refractivity contribution in [2.75, 3.05) is 6.61 Å². The summed E-state index contributed by atoms with van der Waals surface area (Å²) < 4.78 is 5.60. The number of rotatable bonds is 4. The number of ether oxygens (including phenoxy) is 1. The van der Waals surface area contributed by atoms with Crippen LogP contribution in [-0.2, 0) is 0 Å². The number of hydrogen-bond acceptors (Lipinski definition) is 2. The summed E-state index contributed by atoms with van der Waals surface area (Å²) in [6.45, 7) is 0.564. The molecule has 1 saturated carbocycles. The fourth-order valence-corrected chi connectivity index (χ4v) is 1.94. The molecule has 1 unspecified atom stereocenters. The van der Waals surface area contributed by atoms with Gasteiger partial charge in [-0.3, -0.25) is 0 Å². The molecule has 1 fully saturated rings. The van der Waals surface area contributed by atoms with Crippen LogP contribution in [0.2, 0.25) is 5.02 Å². The molecule has 82 valence electrons. The van der Waals surface area contributed by atoms with Crippen molar-refractivity contribution in [2.24, 2.45) is 11.7 Å². The third-order valence-electron chi connectivity index (χ3n) is 3.02. The number of nitrogens with two attached hydrogens (primary N) is 1. The van der Waals surface area contributed by atoms with E-state index in [2.05, 4.69) is 0 Å². The Hall–Kier alpha value is -0.730. The lowest BCUT2D eigenvalue weighted by Crippen LogP contribution is -2.39. The van der Waals surface area contributed by atoms with Gasteiger partial charge in [-0.2, -0.15) is 0 Å². The fraction of sp³-hybridized carbons (Fsp3) is 0.500. The lowest BCUT2D eigenvalue weighted by atomic mass is 9.80. The first kappa shape index (κ1) is 10.8. The fourth-order valence-electron chi connectivity index (χ4n) is 1.75. The Bertz CT molecular complexity index is 325. The van der Waals surface area contributed by atoms with E-state index in [1.165, 1.54) is 19.3 Å². The van der Waals surface area contributed by atoms with Crippen LogP contribution in [-0.4, -0.2) is 12.6 Å². The van der Waals surface area contributed by atoms with Gasteiger partial charge in [0, 0.05) is 6.04 Å². The van der Waals surface area contributed by atoms with Crippen LogP contribution < -0.4 is 10.5 Å². The minimum atomic E-state index is 0.148. The zero-order valence-corrected chi connectivity index (χ0v) is 9.41. The highest BCUT2D eigenvalue weighted by molar-refractivity contribution is 6.32. The van der Waals surface area contributed by atoms with Gasteiger partial charge in [-0.15, -0.1) is 0 Å². The molecule has 0 spiro atoms. The van der Waals surface area contributed by atoms with E-state index in [4.69, 9.17) is 22.1 Å². The first-order valence-electron chi connectivity index (χ1n) is 5.40. The summed E-state index contributed by atoms with van der Waals surface area (Å²) in [5, 5.41) is 0.651. The molecule has 1 aromatic carbocycles. The lowest BCUT2D eigenvalue weighted by molar-refractivity contribution is 0.189. The van der Waals surface area contributed by atoms with E-state index in [0.29, 0.717) is 17.5 Å². The molecule has 0 radical (unpaired) electrons. The summed E-state index contributed by atoms with van der Waals surface area (Å²) in [4.78, 5) is 0. The Morgan fingerprint density at radius 2 is 2.13 bits per heavy atom. The third kappa shape index (κ3) is 2.64. The summed E-state index contributed by atoms with van der Waals surface area (Å²) in [5.41, 5.74) is 6.01. The van der Waals surface area contributed by atoms with Crippen LogP contribution in [0.15, 0.2) is 24.3 Å². The van der Waals surface area contributed by atoms with Gasteiger partial charge in [-0.05, 0) is 30.9 Å². The number of halogens is 1. The Morgan fingerprint density at radius 1 is 1.40 bits per heavy atom. The predicted octanol–water partition coefficient (Wildman–Crippen LogP) is 2.85. The minimum absolute atomic E-state index is 0.148. The highest BCUT2D eigenvalue weighted by atomic mass is 35.5. The third-order valence-corrected chi connectivity index (χ3v) is 3.34. The number of para-hydroxylation sites is 1. The molecular formula is C12H16ClNO. The van der Waals surface area contributed by atoms with Crippen LogP contribution >= 0.6 is 11.6 Å². The second kappa shape index (κ2) is 4.86. The monoisotopic (exact) mass is 225 g/mol. The minimum Gasteiger partial charge on any atom is -0.490 e. The van der Waals surface area contributed by atoms with Gasteiger partial charge in [-0.25, -0.2) is 0 Å². The smallest absolute Gasteiger partial charge is 0.137 e. The van der Waals surface area contributed by atoms with Crippen LogP contribution in [0.4, 0.5) is 0 Å². The van der Waals surface area contributed by atoms with Crippen molar-refractivity contribution in [1.29, 1.82) is 0 Å². The zero-order chi connectivity index (χ0) is 10.7. The van der Waals surface area contributed by atoms with Crippen LogP contribution in [0.3, 0.4) is 0 Å². The first-order chi connectivity index (χ1) is 7.27. The van der Waals surface area contributed by atoms with Crippen molar-refractivity contribution in [3.05, 3.63) is 29.3 Å². The Kier molecular flexibility index (Phi) is 3.49. The van der Waals surface area contributed by atoms with E-state index in [-0.39, 0.29) is 6.04 Å². The first-order valence-corrected chi connectivity index (χ1v) is 5.78. The summed E-state index contributed by atoms with van der Waals surface area (Å²) in [5.74, 6) is 1.38. The highest BCUT2D eigenvalue weighted by Crippen LogP contribution is 2.29. The molecule has 0 aliphatic heterocycles. The van der Waals surface area contributed by atoms with Crippen molar-refractivity contribution in [3.8, 4) is 5.75 Å². The Morgan fingerprint density at radius 3 is 2.73 bits per heavy atom. The normalized spacial score (nSPS) is 18.3. The summed E-state index contributed by atoms with van der Waals surface area (Å²) >= 11 is 5.97. The molecule has 2 N–H and O–H groups in total. The summed E-state index contributed by atoms with van der Waals surface area (Å²) in [6.07, 6.45) is 3.80. The molecule has 1 aliphatic rings. The molecule has 0 saturated heterocycles. The van der Waals surface area contributed by atoms with Crippen molar-refractivity contribution < 1.29 is 4.74 Å². The molecule has 2 nitrogen and oxygen atoms in total. The van der Waals surface area contributed by atoms with E-state index in [0.717, 1.165) is 5.75 Å². The average molecular weight is 226 g/mol. The van der Waals surface area contributed by atoms with Crippen molar-refractivity contribution in [2.45, 2.75) is 25.3 Å². The molecule has 0 aromatic heterocycles. The standard InChI is InChI=1S/C12H16ClNO/c13-10-6-1-2-7-12(10)15-8-11(14)9-4-3-5-9/h1-2,6-7,9,11H,3-5,8,14H2. The molecule has 0 bridgehead atoms. The van der Waals surface area contributed by atoms with Crippen LogP contribution in [0.5, 0.6) is 5.75 Å². The molecule has 0 heterocycles. The highest BCUT2D eigenvalue weighted by Gasteiger charge is 2.24. The van der Waals surface area contributed by atoms with E-state index < -0.39 is 0 Å². The molecular weight excluding hydrogens is 210 g/mol. The maximum Gasteiger partial charge on any atom is 0.137 e. The Balaban J connectivity index is 1.84. The number of benzene rings is 1. The van der Waals surface area contributed by atoms with Gasteiger partial charge in [0.25, 0.3) is 0 Å². The van der Waals surface area contributed by atoms with Gasteiger partial charge in [-0.1, -0.05) is 30.2 Å². The second-order valence-corrected chi connectivity index (χ2v) is 4.50. The van der Waals surface area contributed by atoms with Crippen molar-refractivity contribution in [3.63, 3.8) is 0 Å². The number of hydrogen-bond donors (Lipinski definition) is 1. The van der Waals surface area contributed by atoms with Gasteiger partial charge in [0.05, 0.1) is 5.02 Å². The maximum atomic E-state index is 6.01. The van der Waals surface area contributed by atoms with Gasteiger partial charge in [0.2, 0.25) is 0 Å². The Labute approximate surface area is 95.4 Å². The molecule has 15 heavy (non-hydrogen) atoms. The molecule has 1 aromatic rings. The van der Waals surface area contributed by atoms with Crippen LogP contribution in [0.25, 0.3) is 0 Å². The van der Waals surface area contributed by atoms with Crippen LogP contribution in [0, 0.1) is 5.92 Å². The van der Waals surface area contributed by atoms with Gasteiger partial charge in [0.1, 0.15) is 12.4 Å². The second-order valence-electron chi connectivity index (χ2n) is 4.10. The summed E-state index contributed by atoms with van der Waals surface area (Å²) in [6, 6.07) is 7.65. The van der Waals surface area contributed by atoms with Crippen LogP contribution in [0.1, 0.15) is 19.3 Å². The summed E-state index contributed by atoms with van der Waals surface area (Å²) in [7, 11) is 0. The van der Waals surface area contributed by atoms with Crippen molar-refractivity contribution >= 4 is 11.6 Å². The molecule has 2 rings (SSSR count). The quantitative estimate of drug-likeness (QED) is 0.855. The molecule has 0 amide bonds. The SMILES string of the molecule is NC(COc1ccccc1Cl)C1CCC1. The predicted molar refractivity (Wildman–Crippen MR) is 62.3 cm³/mol. The van der Waals surface area contributed by atoms with Crippen molar-refractivity contribution in [1.82, 2.24) is 0 Å². The zero-order valence-electron chi connectivity index (χ0n) is 8.66. The van der Waals surface area contributed by atoms with E-state index in [1.54, 1.807) is 0 Å². The van der Waals surface area contributed by atoms with Gasteiger partial charge in [0.15, 0.2) is 0 Å². The van der Waals surface area contributed by atoms with E-state index in [9.17, 15) is 0 Å². The topological polar surface area (TPSA) is 35.2 Å². The van der Waals surface area contributed by atoms with Gasteiger partial charge >= 0.3 is 0 Å².